The van der Waals surface area contributed by atoms with E-state index in [0.29, 0.717) is 23.4 Å². The first-order valence-electron chi connectivity index (χ1n) is 8.40. The van der Waals surface area contributed by atoms with Gasteiger partial charge in [0.2, 0.25) is 0 Å². The van der Waals surface area contributed by atoms with Crippen molar-refractivity contribution < 1.29 is 14.2 Å². The fraction of sp³-hybridized carbons (Fsp3) is 0.350. The van der Waals surface area contributed by atoms with Gasteiger partial charge in [-0.2, -0.15) is 0 Å². The molecule has 1 atom stereocenters. The smallest absolute Gasteiger partial charge is 0.199 e. The van der Waals surface area contributed by atoms with E-state index >= 15 is 0 Å². The summed E-state index contributed by atoms with van der Waals surface area (Å²) in [6, 6.07) is 7.83. The molecule has 0 bridgehead atoms. The second-order valence-corrected chi connectivity index (χ2v) is 7.97. The third-order valence-electron chi connectivity index (χ3n) is 4.63. The van der Waals surface area contributed by atoms with E-state index in [1.807, 2.05) is 29.9 Å². The fourth-order valence-corrected chi connectivity index (χ4v) is 4.21. The highest BCUT2D eigenvalue weighted by Gasteiger charge is 2.28. The van der Waals surface area contributed by atoms with Crippen LogP contribution in [0.4, 0.5) is 4.39 Å². The normalized spacial score (nSPS) is 13.1. The van der Waals surface area contributed by atoms with Crippen LogP contribution in [0.1, 0.15) is 25.8 Å². The zero-order chi connectivity index (χ0) is 18.9. The van der Waals surface area contributed by atoms with Gasteiger partial charge in [-0.15, -0.1) is 11.3 Å². The summed E-state index contributed by atoms with van der Waals surface area (Å²) in [5.74, 6) is 0.274. The Hall–Kier alpha value is -2.18. The average molecular weight is 375 g/mol. The molecule has 0 aliphatic rings. The maximum atomic E-state index is 13.7. The van der Waals surface area contributed by atoms with Crippen molar-refractivity contribution in [1.29, 1.82) is 0 Å². The first-order valence-corrected chi connectivity index (χ1v) is 9.28. The number of hydrogen-bond donors (Lipinski definition) is 1. The van der Waals surface area contributed by atoms with Crippen LogP contribution < -0.4 is 10.2 Å². The van der Waals surface area contributed by atoms with Crippen molar-refractivity contribution in [3.63, 3.8) is 0 Å². The van der Waals surface area contributed by atoms with Crippen molar-refractivity contribution in [3.05, 3.63) is 63.5 Å². The molecule has 0 saturated heterocycles. The molecule has 0 aliphatic carbocycles. The van der Waals surface area contributed by atoms with Crippen molar-refractivity contribution in [2.75, 3.05) is 7.11 Å². The summed E-state index contributed by atoms with van der Waals surface area (Å²) in [6.45, 7) is 4.27. The number of methoxy groups -OCH3 is 1. The van der Waals surface area contributed by atoms with Gasteiger partial charge in [-0.25, -0.2) is 4.39 Å². The molecule has 4 nitrogen and oxygen atoms in total. The lowest BCUT2D eigenvalue weighted by Gasteiger charge is -2.30. The Morgan fingerprint density at radius 2 is 2.08 bits per heavy atom. The number of benzene rings is 1. The highest BCUT2D eigenvalue weighted by atomic mass is 32.1. The van der Waals surface area contributed by atoms with E-state index in [2.05, 4.69) is 0 Å². The first-order chi connectivity index (χ1) is 12.3. The Labute approximate surface area is 155 Å². The number of thiophene rings is 1. The molecule has 0 fully saturated rings. The van der Waals surface area contributed by atoms with Crippen LogP contribution in [0, 0.1) is 5.82 Å². The van der Waals surface area contributed by atoms with Crippen LogP contribution >= 0.6 is 11.3 Å². The van der Waals surface area contributed by atoms with Crippen LogP contribution in [0.3, 0.4) is 0 Å². The second kappa shape index (κ2) is 7.21. The van der Waals surface area contributed by atoms with Gasteiger partial charge >= 0.3 is 0 Å². The van der Waals surface area contributed by atoms with Crippen LogP contribution in [0.25, 0.3) is 10.2 Å². The van der Waals surface area contributed by atoms with Crippen LogP contribution in [0.2, 0.25) is 0 Å². The molecule has 26 heavy (non-hydrogen) atoms. The number of aliphatic hydroxyl groups is 1. The largest absolute Gasteiger partial charge is 0.496 e. The predicted octanol–water partition coefficient (Wildman–Crippen LogP) is 3.94. The molecular formula is C20H22FNO3S. The van der Waals surface area contributed by atoms with Crippen molar-refractivity contribution in [2.45, 2.75) is 38.3 Å². The van der Waals surface area contributed by atoms with E-state index < -0.39 is 11.5 Å². The summed E-state index contributed by atoms with van der Waals surface area (Å²) in [5, 5.41) is 12.5. The summed E-state index contributed by atoms with van der Waals surface area (Å²) in [4.78, 5) is 11.9. The molecule has 3 aromatic rings. The lowest BCUT2D eigenvalue weighted by atomic mass is 9.79. The highest BCUT2D eigenvalue weighted by Crippen LogP contribution is 2.36. The summed E-state index contributed by atoms with van der Waals surface area (Å²) in [6.07, 6.45) is 1.46. The Morgan fingerprint density at radius 1 is 1.31 bits per heavy atom. The minimum Gasteiger partial charge on any atom is -0.496 e. The average Bonchev–Trinajstić information content (AvgIpc) is 3.08. The minimum absolute atomic E-state index is 0.00873. The van der Waals surface area contributed by atoms with Crippen LogP contribution in [-0.4, -0.2) is 22.9 Å². The van der Waals surface area contributed by atoms with Gasteiger partial charge in [-0.1, -0.05) is 13.8 Å². The maximum absolute atomic E-state index is 13.7. The summed E-state index contributed by atoms with van der Waals surface area (Å²) >= 11 is 1.40. The molecule has 0 spiro atoms. The van der Waals surface area contributed by atoms with Gasteiger partial charge in [0.05, 0.1) is 23.4 Å². The molecule has 0 radical (unpaired) electrons. The third-order valence-corrected chi connectivity index (χ3v) is 5.55. The molecule has 2 aromatic heterocycles. The molecule has 0 amide bonds. The predicted molar refractivity (Wildman–Crippen MR) is 103 cm³/mol. The Kier molecular flexibility index (Phi) is 5.16. The SMILES string of the molecule is COc1ccc(F)cc1C(C)(C)CC(O)Cn1ccc(=O)c2sccc21. The van der Waals surface area contributed by atoms with E-state index in [1.165, 1.54) is 29.5 Å². The highest BCUT2D eigenvalue weighted by molar-refractivity contribution is 7.17. The van der Waals surface area contributed by atoms with E-state index in [-0.39, 0.29) is 11.2 Å². The summed E-state index contributed by atoms with van der Waals surface area (Å²) < 4.78 is 21.7. The third kappa shape index (κ3) is 3.66. The number of fused-ring (bicyclic) bond motifs is 1. The lowest BCUT2D eigenvalue weighted by Crippen LogP contribution is -2.28. The van der Waals surface area contributed by atoms with Gasteiger partial charge in [0.15, 0.2) is 5.43 Å². The second-order valence-electron chi connectivity index (χ2n) is 7.05. The van der Waals surface area contributed by atoms with Crippen molar-refractivity contribution in [2.24, 2.45) is 0 Å². The Morgan fingerprint density at radius 3 is 2.81 bits per heavy atom. The zero-order valence-electron chi connectivity index (χ0n) is 15.0. The topological polar surface area (TPSA) is 51.5 Å². The molecule has 138 valence electrons. The molecule has 1 N–H and O–H groups in total. The van der Waals surface area contributed by atoms with Gasteiger partial charge in [-0.05, 0) is 41.5 Å². The molecule has 0 saturated carbocycles. The molecule has 1 aromatic carbocycles. The van der Waals surface area contributed by atoms with Crippen molar-refractivity contribution >= 4 is 21.6 Å². The van der Waals surface area contributed by atoms with Crippen LogP contribution in [-0.2, 0) is 12.0 Å². The lowest BCUT2D eigenvalue weighted by molar-refractivity contribution is 0.121. The Bertz CT molecular complexity index is 977. The molecular weight excluding hydrogens is 353 g/mol. The zero-order valence-corrected chi connectivity index (χ0v) is 15.8. The number of rotatable bonds is 6. The summed E-state index contributed by atoms with van der Waals surface area (Å²) in [5.41, 5.74) is 1.05. The van der Waals surface area contributed by atoms with Gasteiger partial charge in [-0.3, -0.25) is 4.79 Å². The number of halogens is 1. The molecule has 0 aliphatic heterocycles. The number of aliphatic hydroxyl groups excluding tert-OH is 1. The number of aromatic nitrogens is 1. The molecule has 6 heteroatoms. The standard InChI is InChI=1S/C20H22FNO3S/c1-20(2,15-10-13(21)4-5-18(15)25-3)11-14(23)12-22-8-6-17(24)19-16(22)7-9-26-19/h4-10,14,23H,11-12H2,1-3H3. The Balaban J connectivity index is 1.83. The number of pyridine rings is 1. The van der Waals surface area contributed by atoms with Crippen molar-refractivity contribution in [1.82, 2.24) is 4.57 Å². The van der Waals surface area contributed by atoms with Gasteiger partial charge in [0.1, 0.15) is 11.6 Å². The van der Waals surface area contributed by atoms with Gasteiger partial charge < -0.3 is 14.4 Å². The first kappa shape index (κ1) is 18.6. The molecule has 1 unspecified atom stereocenters. The summed E-state index contributed by atoms with van der Waals surface area (Å²) in [7, 11) is 1.55. The van der Waals surface area contributed by atoms with Gasteiger partial charge in [0, 0.05) is 24.4 Å². The fourth-order valence-electron chi connectivity index (χ4n) is 3.39. The monoisotopic (exact) mass is 375 g/mol. The van der Waals surface area contributed by atoms with Gasteiger partial charge in [0.25, 0.3) is 0 Å². The molecule has 3 rings (SSSR count). The van der Waals surface area contributed by atoms with E-state index in [0.717, 1.165) is 11.1 Å². The molecule has 2 heterocycles. The van der Waals surface area contributed by atoms with Crippen LogP contribution in [0.15, 0.2) is 46.7 Å². The van der Waals surface area contributed by atoms with E-state index in [4.69, 9.17) is 4.74 Å². The number of hydrogen-bond acceptors (Lipinski definition) is 4. The number of ether oxygens (including phenoxy) is 1. The quantitative estimate of drug-likeness (QED) is 0.710. The van der Waals surface area contributed by atoms with E-state index in [1.54, 1.807) is 19.4 Å². The van der Waals surface area contributed by atoms with Crippen molar-refractivity contribution in [3.8, 4) is 5.75 Å². The van der Waals surface area contributed by atoms with Crippen LogP contribution in [0.5, 0.6) is 5.75 Å². The number of nitrogens with zero attached hydrogens (tertiary/aromatic N) is 1. The maximum Gasteiger partial charge on any atom is 0.199 e. The van der Waals surface area contributed by atoms with E-state index in [9.17, 15) is 14.3 Å². The minimum atomic E-state index is -0.663.